The lowest BCUT2D eigenvalue weighted by Gasteiger charge is -2.04. The van der Waals surface area contributed by atoms with Gasteiger partial charge in [-0.1, -0.05) is 256 Å². The lowest BCUT2D eigenvalue weighted by atomic mass is 10.0. The topological polar surface area (TPSA) is 90.2 Å². The molecule has 0 atom stereocenters. The van der Waals surface area contributed by atoms with Crippen molar-refractivity contribution >= 4 is 87.3 Å². The van der Waals surface area contributed by atoms with Crippen LogP contribution in [-0.2, 0) is 0 Å². The van der Waals surface area contributed by atoms with Crippen molar-refractivity contribution in [3.05, 3.63) is 326 Å². The summed E-state index contributed by atoms with van der Waals surface area (Å²) < 4.78 is 0. The second-order valence-corrected chi connectivity index (χ2v) is 24.9. The molecule has 15 aromatic rings. The van der Waals surface area contributed by atoms with Gasteiger partial charge in [-0.05, 0) is 264 Å². The summed E-state index contributed by atoms with van der Waals surface area (Å²) in [5, 5.41) is 18.2. The van der Waals surface area contributed by atoms with E-state index in [0.717, 1.165) is 28.8 Å². The Morgan fingerprint density at radius 1 is 0.207 bits per heavy atom. The minimum absolute atomic E-state index is 1.08. The number of benzene rings is 8. The number of hydrogen-bond donors (Lipinski definition) is 0. The average Bonchev–Trinajstić information content (AvgIpc) is 1.78. The van der Waals surface area contributed by atoms with Gasteiger partial charge in [0.05, 0.1) is 16.4 Å². The molecule has 0 radical (unpaired) electrons. The fraction of sp³-hybridized carbons (Fsp3) is 0.317. The number of hydrogen-bond acceptors (Lipinski definition) is 7. The largest absolute Gasteiger partial charge is 0.264 e. The summed E-state index contributed by atoms with van der Waals surface area (Å²) in [7, 11) is 0. The minimum Gasteiger partial charge on any atom is -0.264 e. The zero-order valence-corrected chi connectivity index (χ0v) is 74.4. The maximum Gasteiger partial charge on any atom is 0.0707 e. The third-order valence-corrected chi connectivity index (χ3v) is 17.6. The molecule has 111 heavy (non-hydrogen) atoms. The first kappa shape index (κ1) is 98.4. The molecular weight excluding hydrogens is 1350 g/mol. The summed E-state index contributed by atoms with van der Waals surface area (Å²) in [6.07, 6.45) is 20.2. The number of nitrogens with zero attached hydrogens (tertiary/aromatic N) is 7. The van der Waals surface area contributed by atoms with Gasteiger partial charge in [0.2, 0.25) is 0 Å². The quantitative estimate of drug-likeness (QED) is 0.149. The summed E-state index contributed by atoms with van der Waals surface area (Å²) in [4.78, 5) is 29.7. The monoisotopic (exact) mass is 1480 g/mol. The van der Waals surface area contributed by atoms with Crippen molar-refractivity contribution in [2.75, 3.05) is 0 Å². The Bertz CT molecular complexity index is 4240. The molecule has 7 heteroatoms. The van der Waals surface area contributed by atoms with E-state index in [4.69, 9.17) is 0 Å². The second kappa shape index (κ2) is 54.9. The highest BCUT2D eigenvalue weighted by molar-refractivity contribution is 5.91. The highest BCUT2D eigenvalue weighted by Gasteiger charge is 2.06. The van der Waals surface area contributed by atoms with Crippen molar-refractivity contribution in [3.8, 4) is 0 Å². The third-order valence-electron chi connectivity index (χ3n) is 17.6. The molecule has 588 valence electrons. The SMILES string of the molecule is CC.CC.CC.CC.CC.CC.CC.CC.CC1=c2c(C)ccnc2=CC1.Cc1cccc2cccc(C)c12.Cc1cccc2ccnc(C)c12.Cc1cccc2ccnc(C)c12.Cc1cccc2cncc(C)c12.Cc1cccc2cncc(C)c12.Cc1cccc2nccc(C)c12.Cc1cccc2nccc(C)c12. The maximum absolute atomic E-state index is 4.30. The Morgan fingerprint density at radius 2 is 0.459 bits per heavy atom. The molecule has 0 amide bonds. The van der Waals surface area contributed by atoms with Gasteiger partial charge in [0.1, 0.15) is 0 Å². The lowest BCUT2D eigenvalue weighted by Crippen LogP contribution is -2.28. The van der Waals surface area contributed by atoms with Gasteiger partial charge in [0.15, 0.2) is 0 Å². The van der Waals surface area contributed by atoms with Gasteiger partial charge in [-0.15, -0.1) is 0 Å². The van der Waals surface area contributed by atoms with E-state index in [1.807, 2.05) is 179 Å². The molecule has 1 aliphatic carbocycles. The van der Waals surface area contributed by atoms with Crippen LogP contribution in [-0.4, -0.2) is 34.9 Å². The Balaban J connectivity index is 0.000000617. The van der Waals surface area contributed by atoms with Crippen LogP contribution in [0.3, 0.4) is 0 Å². The molecule has 0 N–H and O–H groups in total. The Kier molecular flexibility index (Phi) is 48.6. The summed E-state index contributed by atoms with van der Waals surface area (Å²) in [5.41, 5.74) is 22.9. The van der Waals surface area contributed by atoms with Gasteiger partial charge in [0.25, 0.3) is 0 Å². The molecule has 0 fully saturated rings. The van der Waals surface area contributed by atoms with E-state index in [1.54, 1.807) is 0 Å². The molecule has 1 aliphatic rings. The van der Waals surface area contributed by atoms with Crippen LogP contribution in [0.1, 0.15) is 208 Å². The Labute approximate surface area is 672 Å². The third kappa shape index (κ3) is 29.0. The van der Waals surface area contributed by atoms with Gasteiger partial charge < -0.3 is 0 Å². The molecule has 0 saturated carbocycles. The predicted octanol–water partition coefficient (Wildman–Crippen LogP) is 29.5. The van der Waals surface area contributed by atoms with Gasteiger partial charge >= 0.3 is 0 Å². The number of rotatable bonds is 0. The second-order valence-electron chi connectivity index (χ2n) is 24.9. The van der Waals surface area contributed by atoms with Crippen LogP contribution in [0.5, 0.6) is 0 Å². The van der Waals surface area contributed by atoms with Gasteiger partial charge in [-0.2, -0.15) is 0 Å². The molecule has 0 unspecified atom stereocenters. The first-order chi connectivity index (χ1) is 53.8. The van der Waals surface area contributed by atoms with Crippen molar-refractivity contribution in [1.82, 2.24) is 34.9 Å². The standard InChI is InChI=1S/C12H12.6C11H11N.C10H11N.8C2H6/c1-9-5-3-7-11-8-4-6-10(2)12(9)11;2*1-8-4-3-5-10-7-12-6-9(2)11(8)10;2*1-8-4-3-5-10-6-7-12-9(2)11(8)10;2*1-8-4-3-5-10-11(8)9(2)6-7-12-10;1-7-3-4-9-10(7)8(2)5-6-11-9;8*1-2/h3-8H,1-2H3;6*3-7H,1-2H3;4-6H,3H2,1-2H3;8*1-2H3. The first-order valence-electron chi connectivity index (χ1n) is 40.7. The van der Waals surface area contributed by atoms with Crippen LogP contribution in [0.25, 0.3) is 87.3 Å². The number of pyridine rings is 7. The van der Waals surface area contributed by atoms with E-state index >= 15 is 0 Å². The average molecular weight is 1490 g/mol. The normalized spacial score (nSPS) is 9.82. The van der Waals surface area contributed by atoms with Crippen molar-refractivity contribution in [2.45, 2.75) is 228 Å². The maximum atomic E-state index is 4.30. The van der Waals surface area contributed by atoms with E-state index in [1.165, 1.54) is 153 Å². The molecule has 0 bridgehead atoms. The van der Waals surface area contributed by atoms with E-state index in [0.29, 0.717) is 0 Å². The molecule has 0 aliphatic heterocycles. The highest BCUT2D eigenvalue weighted by atomic mass is 14.7. The number of aromatic nitrogens is 7. The van der Waals surface area contributed by atoms with Gasteiger partial charge in [0, 0.05) is 105 Å². The van der Waals surface area contributed by atoms with Crippen molar-refractivity contribution in [2.24, 2.45) is 0 Å². The van der Waals surface area contributed by atoms with Crippen LogP contribution < -0.4 is 10.6 Å². The molecule has 7 nitrogen and oxygen atoms in total. The van der Waals surface area contributed by atoms with Crippen molar-refractivity contribution in [1.29, 1.82) is 0 Å². The minimum atomic E-state index is 1.08. The van der Waals surface area contributed by atoms with Crippen LogP contribution in [0.2, 0.25) is 0 Å². The fourth-order valence-electron chi connectivity index (χ4n) is 13.1. The number of fused-ring (bicyclic) bond motifs is 8. The molecular formula is C104H137N7. The molecule has 0 spiro atoms. The number of aryl methyl sites for hydroxylation is 15. The van der Waals surface area contributed by atoms with E-state index in [9.17, 15) is 0 Å². The van der Waals surface area contributed by atoms with Crippen molar-refractivity contribution in [3.63, 3.8) is 0 Å². The highest BCUT2D eigenvalue weighted by Crippen LogP contribution is 2.26. The fourth-order valence-corrected chi connectivity index (χ4v) is 13.1. The van der Waals surface area contributed by atoms with Gasteiger partial charge in [-0.25, -0.2) is 0 Å². The smallest absolute Gasteiger partial charge is 0.0707 e. The predicted molar refractivity (Wildman–Crippen MR) is 498 cm³/mol. The molecule has 7 aromatic heterocycles. The van der Waals surface area contributed by atoms with E-state index in [2.05, 4.69) is 316 Å². The van der Waals surface area contributed by atoms with E-state index in [-0.39, 0.29) is 0 Å². The van der Waals surface area contributed by atoms with E-state index < -0.39 is 0 Å². The van der Waals surface area contributed by atoms with Crippen LogP contribution in [0, 0.1) is 104 Å². The Morgan fingerprint density at radius 3 is 0.757 bits per heavy atom. The summed E-state index contributed by atoms with van der Waals surface area (Å²) in [6.45, 7) is 65.9. The lowest BCUT2D eigenvalue weighted by molar-refractivity contribution is 1.19. The van der Waals surface area contributed by atoms with Crippen LogP contribution in [0.15, 0.2) is 232 Å². The zero-order chi connectivity index (χ0) is 83.7. The van der Waals surface area contributed by atoms with Crippen LogP contribution >= 0.6 is 0 Å². The molecule has 8 aromatic carbocycles. The summed E-state index contributed by atoms with van der Waals surface area (Å²) in [5.74, 6) is 0. The molecule has 0 saturated heterocycles. The van der Waals surface area contributed by atoms with Crippen molar-refractivity contribution < 1.29 is 0 Å². The summed E-state index contributed by atoms with van der Waals surface area (Å²) >= 11 is 0. The zero-order valence-electron chi connectivity index (χ0n) is 74.4. The molecule has 7 heterocycles. The first-order valence-corrected chi connectivity index (χ1v) is 40.7. The summed E-state index contributed by atoms with van der Waals surface area (Å²) in [6, 6.07) is 60.8. The van der Waals surface area contributed by atoms with Crippen LogP contribution in [0.4, 0.5) is 0 Å². The van der Waals surface area contributed by atoms with Gasteiger partial charge in [-0.3, -0.25) is 34.9 Å². The Hall–Kier alpha value is -10.6. The molecule has 16 rings (SSSR count).